The van der Waals surface area contributed by atoms with Crippen molar-refractivity contribution in [3.05, 3.63) is 41.1 Å². The van der Waals surface area contributed by atoms with Crippen LogP contribution in [0.25, 0.3) is 0 Å². The fourth-order valence-electron chi connectivity index (χ4n) is 3.31. The molecule has 3 rings (SSSR count). The molecule has 0 amide bonds. The Morgan fingerprint density at radius 1 is 1.41 bits per heavy atom. The summed E-state index contributed by atoms with van der Waals surface area (Å²) in [5.74, 6) is 0.875. The van der Waals surface area contributed by atoms with E-state index in [-0.39, 0.29) is 35.8 Å². The third-order valence-corrected chi connectivity index (χ3v) is 4.88. The number of nitrogens with zero attached hydrogens (tertiary/aromatic N) is 5. The molecule has 148 valence electrons. The first-order valence-corrected chi connectivity index (χ1v) is 8.81. The van der Waals surface area contributed by atoms with E-state index in [1.54, 1.807) is 19.3 Å². The summed E-state index contributed by atoms with van der Waals surface area (Å²) in [5, 5.41) is 11.2. The largest absolute Gasteiger partial charge is 0.352 e. The second kappa shape index (κ2) is 9.34. The van der Waals surface area contributed by atoms with E-state index in [1.807, 2.05) is 23.6 Å². The van der Waals surface area contributed by atoms with Crippen LogP contribution in [-0.4, -0.2) is 46.9 Å². The van der Waals surface area contributed by atoms with E-state index in [0.717, 1.165) is 30.3 Å². The topological polar surface area (TPSA) is 70.4 Å². The van der Waals surface area contributed by atoms with Gasteiger partial charge in [0.1, 0.15) is 0 Å². The van der Waals surface area contributed by atoms with Gasteiger partial charge in [-0.2, -0.15) is 5.10 Å². The molecule has 1 atom stereocenters. The lowest BCUT2D eigenvalue weighted by atomic mass is 10.2. The molecule has 1 aliphatic heterocycles. The van der Waals surface area contributed by atoms with Crippen molar-refractivity contribution in [2.45, 2.75) is 32.9 Å². The summed E-state index contributed by atoms with van der Waals surface area (Å²) in [6, 6.07) is 3.25. The Morgan fingerprint density at radius 3 is 2.81 bits per heavy atom. The van der Waals surface area contributed by atoms with E-state index in [2.05, 4.69) is 32.6 Å². The van der Waals surface area contributed by atoms with Crippen LogP contribution >= 0.6 is 24.0 Å². The molecule has 2 N–H and O–H groups in total. The first-order chi connectivity index (χ1) is 12.5. The zero-order valence-corrected chi connectivity index (χ0v) is 18.5. The average Bonchev–Trinajstić information content (AvgIpc) is 3.17. The van der Waals surface area contributed by atoms with E-state index in [4.69, 9.17) is 0 Å². The molecule has 0 radical (unpaired) electrons. The van der Waals surface area contributed by atoms with Crippen molar-refractivity contribution in [2.24, 2.45) is 12.0 Å². The molecule has 9 heteroatoms. The molecule has 3 heterocycles. The highest BCUT2D eigenvalue weighted by Crippen LogP contribution is 2.20. The zero-order chi connectivity index (χ0) is 18.7. The number of anilines is 1. The van der Waals surface area contributed by atoms with Gasteiger partial charge in [-0.3, -0.25) is 9.67 Å². The summed E-state index contributed by atoms with van der Waals surface area (Å²) in [6.07, 6.45) is 2.53. The Labute approximate surface area is 176 Å². The van der Waals surface area contributed by atoms with Crippen LogP contribution in [-0.2, 0) is 13.6 Å². The number of aliphatic imine (C=N–C) groups is 1. The third kappa shape index (κ3) is 4.88. The second-order valence-electron chi connectivity index (χ2n) is 6.58. The number of halogens is 2. The summed E-state index contributed by atoms with van der Waals surface area (Å²) in [5.41, 5.74) is 3.34. The van der Waals surface area contributed by atoms with E-state index in [1.165, 1.54) is 11.6 Å². The lowest BCUT2D eigenvalue weighted by Gasteiger charge is -2.20. The molecular weight excluding hydrogens is 460 g/mol. The minimum atomic E-state index is -0.279. The van der Waals surface area contributed by atoms with Gasteiger partial charge in [-0.15, -0.1) is 24.0 Å². The maximum absolute atomic E-state index is 13.9. The van der Waals surface area contributed by atoms with Gasteiger partial charge in [-0.05, 0) is 32.4 Å². The zero-order valence-electron chi connectivity index (χ0n) is 16.2. The van der Waals surface area contributed by atoms with Crippen LogP contribution in [0.1, 0.15) is 23.4 Å². The monoisotopic (exact) mass is 487 g/mol. The molecule has 0 aliphatic carbocycles. The van der Waals surface area contributed by atoms with Crippen LogP contribution in [0.3, 0.4) is 0 Å². The Balaban J connectivity index is 0.00000261. The molecule has 1 unspecified atom stereocenters. The SMILES string of the molecule is CN=C(NCc1c(C)nn(C)c1C)NC1CCN(c2ncccc2F)C1.I. The van der Waals surface area contributed by atoms with Crippen molar-refractivity contribution in [3.63, 3.8) is 0 Å². The van der Waals surface area contributed by atoms with Crippen molar-refractivity contribution in [2.75, 3.05) is 25.0 Å². The number of aromatic nitrogens is 3. The fourth-order valence-corrected chi connectivity index (χ4v) is 3.31. The van der Waals surface area contributed by atoms with Gasteiger partial charge >= 0.3 is 0 Å². The number of pyridine rings is 1. The molecule has 0 aromatic carbocycles. The van der Waals surface area contributed by atoms with Crippen LogP contribution in [0, 0.1) is 19.7 Å². The minimum absolute atomic E-state index is 0. The molecule has 0 saturated carbocycles. The van der Waals surface area contributed by atoms with Crippen molar-refractivity contribution < 1.29 is 4.39 Å². The molecule has 27 heavy (non-hydrogen) atoms. The number of guanidine groups is 1. The average molecular weight is 487 g/mol. The molecule has 2 aromatic heterocycles. The van der Waals surface area contributed by atoms with Crippen LogP contribution < -0.4 is 15.5 Å². The van der Waals surface area contributed by atoms with Crippen LogP contribution in [0.4, 0.5) is 10.2 Å². The van der Waals surface area contributed by atoms with Crippen LogP contribution in [0.15, 0.2) is 23.3 Å². The number of aryl methyl sites for hydroxylation is 2. The highest BCUT2D eigenvalue weighted by molar-refractivity contribution is 14.0. The van der Waals surface area contributed by atoms with Crippen molar-refractivity contribution in [1.29, 1.82) is 0 Å². The van der Waals surface area contributed by atoms with Gasteiger partial charge < -0.3 is 15.5 Å². The molecule has 1 saturated heterocycles. The highest BCUT2D eigenvalue weighted by atomic mass is 127. The minimum Gasteiger partial charge on any atom is -0.352 e. The summed E-state index contributed by atoms with van der Waals surface area (Å²) >= 11 is 0. The molecule has 0 spiro atoms. The van der Waals surface area contributed by atoms with Crippen molar-refractivity contribution in [1.82, 2.24) is 25.4 Å². The standard InChI is InChI=1S/C18H26FN7.HI/c1-12-15(13(2)25(4)24-12)10-22-18(20-3)23-14-7-9-26(11-14)17-16(19)6-5-8-21-17;/h5-6,8,14H,7,9-11H2,1-4H3,(H2,20,22,23);1H. The number of nitrogens with one attached hydrogen (secondary N) is 2. The van der Waals surface area contributed by atoms with Crippen molar-refractivity contribution >= 4 is 35.8 Å². The Bertz CT molecular complexity index is 805. The van der Waals surface area contributed by atoms with Crippen LogP contribution in [0.5, 0.6) is 0 Å². The Hall–Kier alpha value is -1.91. The first kappa shape index (κ1) is 21.4. The Morgan fingerprint density at radius 2 is 2.19 bits per heavy atom. The van der Waals surface area contributed by atoms with Gasteiger partial charge in [-0.1, -0.05) is 0 Å². The lowest BCUT2D eigenvalue weighted by Crippen LogP contribution is -2.44. The highest BCUT2D eigenvalue weighted by Gasteiger charge is 2.26. The molecule has 1 aliphatic rings. The van der Waals surface area contributed by atoms with Gasteiger partial charge in [0.05, 0.1) is 5.69 Å². The number of hydrogen-bond donors (Lipinski definition) is 2. The van der Waals surface area contributed by atoms with Gasteiger partial charge in [0.25, 0.3) is 0 Å². The molecule has 1 fully saturated rings. The second-order valence-corrected chi connectivity index (χ2v) is 6.58. The molecular formula is C18H27FIN7. The van der Waals surface area contributed by atoms with Crippen molar-refractivity contribution in [3.8, 4) is 0 Å². The van der Waals surface area contributed by atoms with Gasteiger partial charge in [0.15, 0.2) is 17.6 Å². The van der Waals surface area contributed by atoms with Crippen LogP contribution in [0.2, 0.25) is 0 Å². The summed E-state index contributed by atoms with van der Waals surface area (Å²) < 4.78 is 15.8. The quantitative estimate of drug-likeness (QED) is 0.393. The Kier molecular flexibility index (Phi) is 7.40. The van der Waals surface area contributed by atoms with E-state index < -0.39 is 0 Å². The normalized spacial score (nSPS) is 17.0. The predicted molar refractivity (Wildman–Crippen MR) is 116 cm³/mol. The molecule has 0 bridgehead atoms. The van der Waals surface area contributed by atoms with E-state index >= 15 is 0 Å². The predicted octanol–water partition coefficient (Wildman–Crippen LogP) is 2.13. The smallest absolute Gasteiger partial charge is 0.191 e. The third-order valence-electron chi connectivity index (χ3n) is 4.88. The summed E-state index contributed by atoms with van der Waals surface area (Å²) in [7, 11) is 3.70. The van der Waals surface area contributed by atoms with Gasteiger partial charge in [0.2, 0.25) is 0 Å². The summed E-state index contributed by atoms with van der Waals surface area (Å²) in [6.45, 7) is 6.19. The van der Waals surface area contributed by atoms with Gasteiger partial charge in [0, 0.05) is 57.2 Å². The van der Waals surface area contributed by atoms with E-state index in [9.17, 15) is 4.39 Å². The number of hydrogen-bond acceptors (Lipinski definition) is 4. The maximum atomic E-state index is 13.9. The molecule has 2 aromatic rings. The maximum Gasteiger partial charge on any atom is 0.191 e. The fraction of sp³-hybridized carbons (Fsp3) is 0.500. The first-order valence-electron chi connectivity index (χ1n) is 8.81. The summed E-state index contributed by atoms with van der Waals surface area (Å²) in [4.78, 5) is 10.4. The van der Waals surface area contributed by atoms with Gasteiger partial charge in [-0.25, -0.2) is 9.37 Å². The van der Waals surface area contributed by atoms with E-state index in [0.29, 0.717) is 18.9 Å². The number of rotatable bonds is 4. The lowest BCUT2D eigenvalue weighted by molar-refractivity contribution is 0.612. The molecule has 7 nitrogen and oxygen atoms in total.